The monoisotopic (exact) mass is 456 g/mol. The van der Waals surface area contributed by atoms with E-state index in [0.29, 0.717) is 12.1 Å². The van der Waals surface area contributed by atoms with Crippen molar-refractivity contribution >= 4 is 23.3 Å². The van der Waals surface area contributed by atoms with Crippen molar-refractivity contribution in [2.45, 2.75) is 45.9 Å². The zero-order valence-electron chi connectivity index (χ0n) is 20.3. The van der Waals surface area contributed by atoms with Crippen LogP contribution in [-0.4, -0.2) is 92.0 Å². The van der Waals surface area contributed by atoms with Crippen LogP contribution in [0.3, 0.4) is 0 Å². The van der Waals surface area contributed by atoms with Gasteiger partial charge in [-0.1, -0.05) is 27.7 Å². The van der Waals surface area contributed by atoms with E-state index in [-0.39, 0.29) is 36.2 Å². The van der Waals surface area contributed by atoms with Crippen LogP contribution in [0.15, 0.2) is 24.3 Å². The van der Waals surface area contributed by atoms with Crippen LogP contribution in [0.5, 0.6) is 0 Å². The highest BCUT2D eigenvalue weighted by molar-refractivity contribution is 5.99. The minimum Gasteiger partial charge on any atom is -0.369 e. The number of carbonyl (C=O) groups excluding carboxylic acids is 3. The normalized spacial score (nSPS) is 26.9. The van der Waals surface area contributed by atoms with Crippen LogP contribution < -0.4 is 10.2 Å². The van der Waals surface area contributed by atoms with E-state index in [0.717, 1.165) is 31.9 Å². The molecule has 3 aliphatic heterocycles. The van der Waals surface area contributed by atoms with Crippen molar-refractivity contribution in [3.05, 3.63) is 29.8 Å². The SMILES string of the molecule is C[C@H]1CN(C(=O)[C@@H](NC(=O)c2ccc(N3CCN(C)CC3)cc2)C(C)(C)C)[C@@H]2C(=O)CO[C@@H]21. The number of hydrogen-bond acceptors (Lipinski definition) is 6. The van der Waals surface area contributed by atoms with Crippen LogP contribution in [-0.2, 0) is 14.3 Å². The Labute approximate surface area is 196 Å². The first kappa shape index (κ1) is 23.7. The number of hydrogen-bond donors (Lipinski definition) is 1. The quantitative estimate of drug-likeness (QED) is 0.738. The molecule has 8 heteroatoms. The molecule has 33 heavy (non-hydrogen) atoms. The number of nitrogens with zero attached hydrogens (tertiary/aromatic N) is 3. The van der Waals surface area contributed by atoms with E-state index in [2.05, 4.69) is 22.2 Å². The summed E-state index contributed by atoms with van der Waals surface area (Å²) in [5, 5.41) is 2.96. The Morgan fingerprint density at radius 3 is 2.33 bits per heavy atom. The van der Waals surface area contributed by atoms with Crippen LogP contribution >= 0.6 is 0 Å². The lowest BCUT2D eigenvalue weighted by molar-refractivity contribution is -0.140. The first-order chi connectivity index (χ1) is 15.6. The molecule has 2 amide bonds. The number of anilines is 1. The van der Waals surface area contributed by atoms with Crippen molar-refractivity contribution in [1.82, 2.24) is 15.1 Å². The summed E-state index contributed by atoms with van der Waals surface area (Å²) in [5.74, 6) is -0.478. The van der Waals surface area contributed by atoms with Gasteiger partial charge in [0.15, 0.2) is 5.78 Å². The van der Waals surface area contributed by atoms with Gasteiger partial charge in [0.05, 0.1) is 6.10 Å². The van der Waals surface area contributed by atoms with Gasteiger partial charge in [-0.05, 0) is 36.7 Å². The molecular formula is C25H36N4O4. The van der Waals surface area contributed by atoms with Crippen molar-refractivity contribution in [2.75, 3.05) is 51.3 Å². The number of carbonyl (C=O) groups is 3. The highest BCUT2D eigenvalue weighted by Crippen LogP contribution is 2.33. The number of amides is 2. The predicted molar refractivity (Wildman–Crippen MR) is 126 cm³/mol. The van der Waals surface area contributed by atoms with E-state index in [1.54, 1.807) is 4.90 Å². The summed E-state index contributed by atoms with van der Waals surface area (Å²) in [6.07, 6.45) is -0.250. The lowest BCUT2D eigenvalue weighted by Gasteiger charge is -2.35. The molecule has 0 aromatic heterocycles. The van der Waals surface area contributed by atoms with Crippen molar-refractivity contribution < 1.29 is 19.1 Å². The lowest BCUT2D eigenvalue weighted by atomic mass is 9.85. The zero-order valence-corrected chi connectivity index (χ0v) is 20.3. The molecule has 0 bridgehead atoms. The molecule has 1 aromatic rings. The van der Waals surface area contributed by atoms with Crippen LogP contribution in [0.4, 0.5) is 5.69 Å². The molecule has 0 saturated carbocycles. The van der Waals surface area contributed by atoms with Crippen LogP contribution in [0, 0.1) is 11.3 Å². The summed E-state index contributed by atoms with van der Waals surface area (Å²) in [6, 6.07) is 6.27. The summed E-state index contributed by atoms with van der Waals surface area (Å²) >= 11 is 0. The fourth-order valence-corrected chi connectivity index (χ4v) is 5.04. The van der Waals surface area contributed by atoms with Crippen molar-refractivity contribution in [3.8, 4) is 0 Å². The van der Waals surface area contributed by atoms with Gasteiger partial charge in [0.25, 0.3) is 5.91 Å². The number of likely N-dealkylation sites (tertiary alicyclic amines) is 1. The number of piperazine rings is 1. The molecule has 8 nitrogen and oxygen atoms in total. The van der Waals surface area contributed by atoms with E-state index < -0.39 is 17.5 Å². The number of benzene rings is 1. The predicted octanol–water partition coefficient (Wildman–Crippen LogP) is 1.40. The Hall–Kier alpha value is -2.45. The van der Waals surface area contributed by atoms with Crippen molar-refractivity contribution in [1.29, 1.82) is 0 Å². The van der Waals surface area contributed by atoms with Gasteiger partial charge >= 0.3 is 0 Å². The third kappa shape index (κ3) is 4.77. The maximum Gasteiger partial charge on any atom is 0.251 e. The third-order valence-corrected chi connectivity index (χ3v) is 7.11. The van der Waals surface area contributed by atoms with Gasteiger partial charge in [0, 0.05) is 49.9 Å². The molecule has 0 radical (unpaired) electrons. The molecule has 1 N–H and O–H groups in total. The molecule has 3 heterocycles. The number of likely N-dealkylation sites (N-methyl/N-ethyl adjacent to an activating group) is 1. The van der Waals surface area contributed by atoms with Gasteiger partial charge in [0.1, 0.15) is 18.7 Å². The molecule has 3 saturated heterocycles. The zero-order chi connectivity index (χ0) is 23.9. The largest absolute Gasteiger partial charge is 0.369 e. The Morgan fingerprint density at radius 1 is 1.09 bits per heavy atom. The summed E-state index contributed by atoms with van der Waals surface area (Å²) in [5.41, 5.74) is 1.10. The van der Waals surface area contributed by atoms with E-state index >= 15 is 0 Å². The Bertz CT molecular complexity index is 902. The van der Waals surface area contributed by atoms with Gasteiger partial charge < -0.3 is 24.8 Å². The van der Waals surface area contributed by atoms with Crippen LogP contribution in [0.1, 0.15) is 38.1 Å². The van der Waals surface area contributed by atoms with Crippen LogP contribution in [0.2, 0.25) is 0 Å². The number of ether oxygens (including phenoxy) is 1. The lowest BCUT2D eigenvalue weighted by Crippen LogP contribution is -2.57. The molecule has 4 rings (SSSR count). The second-order valence-electron chi connectivity index (χ2n) is 10.8. The van der Waals surface area contributed by atoms with Gasteiger partial charge in [-0.3, -0.25) is 14.4 Å². The topological polar surface area (TPSA) is 82.2 Å². The number of rotatable bonds is 4. The highest BCUT2D eigenvalue weighted by atomic mass is 16.5. The molecule has 0 unspecified atom stereocenters. The van der Waals surface area contributed by atoms with E-state index in [9.17, 15) is 14.4 Å². The molecule has 3 fully saturated rings. The maximum absolute atomic E-state index is 13.6. The van der Waals surface area contributed by atoms with E-state index in [1.165, 1.54) is 0 Å². The standard InChI is InChI=1S/C25H36N4O4/c1-16-14-29(20-19(30)15-33-21(16)20)24(32)22(25(2,3)4)26-23(31)17-6-8-18(9-7-17)28-12-10-27(5)11-13-28/h6-9,16,20-22H,10-15H2,1-5H3,(H,26,31)/t16-,20+,21+,22+/m0/s1. The summed E-state index contributed by atoms with van der Waals surface area (Å²) in [7, 11) is 2.12. The second-order valence-corrected chi connectivity index (χ2v) is 10.8. The summed E-state index contributed by atoms with van der Waals surface area (Å²) in [6.45, 7) is 12.2. The first-order valence-corrected chi connectivity index (χ1v) is 11.9. The average molecular weight is 457 g/mol. The Balaban J connectivity index is 1.47. The summed E-state index contributed by atoms with van der Waals surface area (Å²) in [4.78, 5) is 45.3. The molecule has 1 aromatic carbocycles. The number of Topliss-reactive ketones (excluding diaryl/α,β-unsaturated/α-hetero) is 1. The fraction of sp³-hybridized carbons (Fsp3) is 0.640. The second kappa shape index (κ2) is 9.06. The number of nitrogens with one attached hydrogen (secondary N) is 1. The molecular weight excluding hydrogens is 420 g/mol. The number of ketones is 1. The third-order valence-electron chi connectivity index (χ3n) is 7.11. The highest BCUT2D eigenvalue weighted by Gasteiger charge is 2.52. The smallest absolute Gasteiger partial charge is 0.251 e. The van der Waals surface area contributed by atoms with Gasteiger partial charge in [0.2, 0.25) is 5.91 Å². The van der Waals surface area contributed by atoms with Crippen molar-refractivity contribution in [3.63, 3.8) is 0 Å². The average Bonchev–Trinajstić information content (AvgIpc) is 3.32. The van der Waals surface area contributed by atoms with E-state index in [4.69, 9.17) is 4.74 Å². The minimum absolute atomic E-state index is 0.0512. The van der Waals surface area contributed by atoms with E-state index in [1.807, 2.05) is 52.0 Å². The van der Waals surface area contributed by atoms with Gasteiger partial charge in [-0.25, -0.2) is 0 Å². The van der Waals surface area contributed by atoms with Crippen molar-refractivity contribution in [2.24, 2.45) is 11.3 Å². The number of fused-ring (bicyclic) bond motifs is 1. The molecule has 0 spiro atoms. The Morgan fingerprint density at radius 2 is 1.73 bits per heavy atom. The minimum atomic E-state index is -0.748. The fourth-order valence-electron chi connectivity index (χ4n) is 5.04. The summed E-state index contributed by atoms with van der Waals surface area (Å²) < 4.78 is 5.63. The first-order valence-electron chi connectivity index (χ1n) is 11.9. The van der Waals surface area contributed by atoms with Crippen LogP contribution in [0.25, 0.3) is 0 Å². The van der Waals surface area contributed by atoms with Gasteiger partial charge in [-0.15, -0.1) is 0 Å². The Kier molecular flexibility index (Phi) is 6.51. The molecule has 3 aliphatic rings. The molecule has 180 valence electrons. The molecule has 0 aliphatic carbocycles. The molecule has 4 atom stereocenters. The van der Waals surface area contributed by atoms with Gasteiger partial charge in [-0.2, -0.15) is 0 Å². The maximum atomic E-state index is 13.6.